The third-order valence-corrected chi connectivity index (χ3v) is 4.52. The summed E-state index contributed by atoms with van der Waals surface area (Å²) in [6.45, 7) is 4.03. The van der Waals surface area contributed by atoms with Crippen LogP contribution in [0, 0.1) is 9.49 Å². The number of hydrogen-bond donors (Lipinski definition) is 2. The Morgan fingerprint density at radius 1 is 1.41 bits per heavy atom. The molecule has 94 valence electrons. The maximum Gasteiger partial charge on any atom is 0.0740 e. The lowest BCUT2D eigenvalue weighted by molar-refractivity contribution is -0.0414. The van der Waals surface area contributed by atoms with Crippen molar-refractivity contribution in [2.75, 3.05) is 13.1 Å². The smallest absolute Gasteiger partial charge is 0.0740 e. The number of hydrogen-bond acceptors (Lipinski definition) is 2. The fraction of sp³-hybridized carbons (Fsp3) is 0.571. The van der Waals surface area contributed by atoms with Crippen LogP contribution in [0.1, 0.15) is 25.3 Å². The van der Waals surface area contributed by atoms with Gasteiger partial charge in [-0.3, -0.25) is 0 Å². The summed E-state index contributed by atoms with van der Waals surface area (Å²) in [5, 5.41) is 14.2. The van der Waals surface area contributed by atoms with Crippen LogP contribution < -0.4 is 5.32 Å². The molecule has 0 radical (unpaired) electrons. The van der Waals surface area contributed by atoms with Gasteiger partial charge in [0.1, 0.15) is 0 Å². The average molecular weight is 345 g/mol. The van der Waals surface area contributed by atoms with Crippen molar-refractivity contribution in [2.24, 2.45) is 5.92 Å². The molecular weight excluding hydrogens is 325 g/mol. The second-order valence-electron chi connectivity index (χ2n) is 4.97. The number of benzene rings is 1. The molecule has 0 aliphatic carbocycles. The number of aliphatic hydroxyl groups is 1. The minimum atomic E-state index is -0.521. The molecule has 0 bridgehead atoms. The lowest BCUT2D eigenvalue weighted by atomic mass is 9.76. The van der Waals surface area contributed by atoms with Gasteiger partial charge in [-0.15, -0.1) is 0 Å². The Labute approximate surface area is 117 Å². The molecule has 17 heavy (non-hydrogen) atoms. The number of piperidine rings is 1. The first-order valence-electron chi connectivity index (χ1n) is 6.31. The van der Waals surface area contributed by atoms with E-state index in [0.717, 1.165) is 32.4 Å². The molecule has 1 heterocycles. The highest BCUT2D eigenvalue weighted by atomic mass is 127. The van der Waals surface area contributed by atoms with Crippen LogP contribution >= 0.6 is 22.6 Å². The van der Waals surface area contributed by atoms with Gasteiger partial charge in [-0.05, 0) is 59.7 Å². The average Bonchev–Trinajstić information content (AvgIpc) is 2.32. The zero-order valence-electron chi connectivity index (χ0n) is 10.2. The molecule has 2 nitrogen and oxygen atoms in total. The summed E-state index contributed by atoms with van der Waals surface area (Å²) in [5.74, 6) is 0.371. The van der Waals surface area contributed by atoms with Crippen molar-refractivity contribution in [2.45, 2.75) is 31.8 Å². The normalized spacial score (nSPS) is 29.2. The van der Waals surface area contributed by atoms with Gasteiger partial charge in [0.15, 0.2) is 0 Å². The Hall–Kier alpha value is -0.130. The second-order valence-corrected chi connectivity index (χ2v) is 6.21. The monoisotopic (exact) mass is 345 g/mol. The van der Waals surface area contributed by atoms with E-state index in [1.165, 1.54) is 9.13 Å². The Bertz CT molecular complexity index is 365. The van der Waals surface area contributed by atoms with Crippen LogP contribution in [-0.4, -0.2) is 23.8 Å². The van der Waals surface area contributed by atoms with Crippen molar-refractivity contribution in [3.63, 3.8) is 0 Å². The van der Waals surface area contributed by atoms with Crippen LogP contribution in [-0.2, 0) is 6.42 Å². The summed E-state index contributed by atoms with van der Waals surface area (Å²) in [6.07, 6.45) is 2.68. The second kappa shape index (κ2) is 5.67. The molecule has 1 aliphatic heterocycles. The molecule has 2 atom stereocenters. The fourth-order valence-corrected chi connectivity index (χ4v) is 3.05. The van der Waals surface area contributed by atoms with Crippen LogP contribution in [0.2, 0.25) is 0 Å². The van der Waals surface area contributed by atoms with E-state index in [0.29, 0.717) is 5.92 Å². The Balaban J connectivity index is 2.11. The molecular formula is C14H20INO. The molecule has 2 unspecified atom stereocenters. The van der Waals surface area contributed by atoms with Crippen molar-refractivity contribution >= 4 is 22.6 Å². The van der Waals surface area contributed by atoms with E-state index in [-0.39, 0.29) is 0 Å². The van der Waals surface area contributed by atoms with Gasteiger partial charge in [-0.1, -0.05) is 19.1 Å². The SMILES string of the molecule is CCC1CNCCC1(O)Cc1ccc(I)cc1. The summed E-state index contributed by atoms with van der Waals surface area (Å²) in [6, 6.07) is 8.49. The quantitative estimate of drug-likeness (QED) is 0.826. The summed E-state index contributed by atoms with van der Waals surface area (Å²) >= 11 is 2.31. The lowest BCUT2D eigenvalue weighted by Crippen LogP contribution is -2.51. The topological polar surface area (TPSA) is 32.3 Å². The molecule has 0 spiro atoms. The summed E-state index contributed by atoms with van der Waals surface area (Å²) < 4.78 is 1.25. The van der Waals surface area contributed by atoms with Gasteiger partial charge in [0.05, 0.1) is 5.60 Å². The van der Waals surface area contributed by atoms with E-state index < -0.39 is 5.60 Å². The molecule has 1 fully saturated rings. The predicted octanol–water partition coefficient (Wildman–Crippen LogP) is 2.58. The maximum absolute atomic E-state index is 10.8. The summed E-state index contributed by atoms with van der Waals surface area (Å²) in [4.78, 5) is 0. The first-order valence-corrected chi connectivity index (χ1v) is 7.39. The van der Waals surface area contributed by atoms with E-state index in [9.17, 15) is 5.11 Å². The number of nitrogens with one attached hydrogen (secondary N) is 1. The van der Waals surface area contributed by atoms with Gasteiger partial charge in [-0.2, -0.15) is 0 Å². The van der Waals surface area contributed by atoms with Gasteiger partial charge in [0.25, 0.3) is 0 Å². The van der Waals surface area contributed by atoms with Gasteiger partial charge >= 0.3 is 0 Å². The van der Waals surface area contributed by atoms with Crippen molar-refractivity contribution in [1.29, 1.82) is 0 Å². The minimum Gasteiger partial charge on any atom is -0.389 e. The number of halogens is 1. The summed E-state index contributed by atoms with van der Waals surface area (Å²) in [7, 11) is 0. The molecule has 2 N–H and O–H groups in total. The van der Waals surface area contributed by atoms with Crippen LogP contribution in [0.15, 0.2) is 24.3 Å². The minimum absolute atomic E-state index is 0.371. The Morgan fingerprint density at radius 3 is 2.76 bits per heavy atom. The molecule has 0 saturated carbocycles. The van der Waals surface area contributed by atoms with Gasteiger partial charge in [0, 0.05) is 22.5 Å². The lowest BCUT2D eigenvalue weighted by Gasteiger charge is -2.40. The Morgan fingerprint density at radius 2 is 2.12 bits per heavy atom. The molecule has 3 heteroatoms. The van der Waals surface area contributed by atoms with Crippen LogP contribution in [0.5, 0.6) is 0 Å². The predicted molar refractivity (Wildman–Crippen MR) is 79.1 cm³/mol. The van der Waals surface area contributed by atoms with Crippen LogP contribution in [0.3, 0.4) is 0 Å². The van der Waals surface area contributed by atoms with Crippen molar-refractivity contribution in [1.82, 2.24) is 5.32 Å². The van der Waals surface area contributed by atoms with E-state index >= 15 is 0 Å². The highest BCUT2D eigenvalue weighted by Gasteiger charge is 2.37. The van der Waals surface area contributed by atoms with Crippen molar-refractivity contribution < 1.29 is 5.11 Å². The molecule has 1 aromatic carbocycles. The van der Waals surface area contributed by atoms with E-state index in [4.69, 9.17) is 0 Å². The number of rotatable bonds is 3. The highest BCUT2D eigenvalue weighted by molar-refractivity contribution is 14.1. The van der Waals surface area contributed by atoms with Gasteiger partial charge in [0.2, 0.25) is 0 Å². The molecule has 1 saturated heterocycles. The zero-order valence-corrected chi connectivity index (χ0v) is 12.4. The largest absolute Gasteiger partial charge is 0.389 e. The van der Waals surface area contributed by atoms with E-state index in [2.05, 4.69) is 59.1 Å². The standard InChI is InChI=1S/C14H20INO/c1-2-12-10-16-8-7-14(12,17)9-11-3-5-13(15)6-4-11/h3-6,12,16-17H,2,7-10H2,1H3. The third-order valence-electron chi connectivity index (χ3n) is 3.80. The first kappa shape index (κ1) is 13.3. The van der Waals surface area contributed by atoms with Crippen molar-refractivity contribution in [3.05, 3.63) is 33.4 Å². The zero-order chi connectivity index (χ0) is 12.3. The van der Waals surface area contributed by atoms with E-state index in [1.807, 2.05) is 0 Å². The third kappa shape index (κ3) is 3.20. The molecule has 1 aliphatic rings. The first-order chi connectivity index (χ1) is 8.14. The van der Waals surface area contributed by atoms with Crippen LogP contribution in [0.4, 0.5) is 0 Å². The summed E-state index contributed by atoms with van der Waals surface area (Å²) in [5.41, 5.74) is 0.723. The van der Waals surface area contributed by atoms with Crippen LogP contribution in [0.25, 0.3) is 0 Å². The molecule has 2 rings (SSSR count). The van der Waals surface area contributed by atoms with E-state index in [1.54, 1.807) is 0 Å². The molecule has 0 amide bonds. The van der Waals surface area contributed by atoms with Gasteiger partial charge < -0.3 is 10.4 Å². The molecule has 1 aromatic rings. The van der Waals surface area contributed by atoms with Gasteiger partial charge in [-0.25, -0.2) is 0 Å². The van der Waals surface area contributed by atoms with Crippen molar-refractivity contribution in [3.8, 4) is 0 Å². The highest BCUT2D eigenvalue weighted by Crippen LogP contribution is 2.30. The molecule has 0 aromatic heterocycles. The maximum atomic E-state index is 10.8. The fourth-order valence-electron chi connectivity index (χ4n) is 2.69. The Kier molecular flexibility index (Phi) is 4.44.